The third-order valence-corrected chi connectivity index (χ3v) is 2.82. The van der Waals surface area contributed by atoms with Gasteiger partial charge in [0.25, 0.3) is 0 Å². The average molecular weight is 418 g/mol. The molecule has 0 heterocycles. The minimum Gasteiger partial charge on any atom is -0.536 e. The number of nitrogens with zero attached hydrogens (tertiary/aromatic N) is 4. The summed E-state index contributed by atoms with van der Waals surface area (Å²) in [6, 6.07) is 1.70. The predicted molar refractivity (Wildman–Crippen MR) is 100 cm³/mol. The van der Waals surface area contributed by atoms with Gasteiger partial charge in [-0.05, 0) is 80.6 Å². The summed E-state index contributed by atoms with van der Waals surface area (Å²) in [5, 5.41) is 0. The van der Waals surface area contributed by atoms with Gasteiger partial charge >= 0.3 is 0 Å². The van der Waals surface area contributed by atoms with Crippen molar-refractivity contribution in [1.29, 1.82) is 0 Å². The molecule has 0 bridgehead atoms. The van der Waals surface area contributed by atoms with Gasteiger partial charge in [0.15, 0.2) is 0 Å². The van der Waals surface area contributed by atoms with E-state index in [4.69, 9.17) is 0 Å². The van der Waals surface area contributed by atoms with Crippen LogP contribution in [-0.2, 0) is 22.4 Å². The molecule has 1 radical (unpaired) electrons. The Bertz CT molecular complexity index is 269. The zero-order valence-corrected chi connectivity index (χ0v) is 18.3. The largest absolute Gasteiger partial charge is 0.536 e. The molecule has 0 aliphatic heterocycles. The second-order valence-corrected chi connectivity index (χ2v) is 6.41. The quantitative estimate of drug-likeness (QED) is 0.196. The van der Waals surface area contributed by atoms with E-state index in [0.29, 0.717) is 24.2 Å². The van der Waals surface area contributed by atoms with Crippen LogP contribution in [0.2, 0.25) is 0 Å². The van der Waals surface area contributed by atoms with Crippen LogP contribution in [0.3, 0.4) is 0 Å². The monoisotopic (exact) mass is 417 g/mol. The van der Waals surface area contributed by atoms with Crippen LogP contribution in [0.4, 0.5) is 0 Å². The van der Waals surface area contributed by atoms with Crippen LogP contribution in [0, 0.1) is 0 Å². The van der Waals surface area contributed by atoms with Crippen LogP contribution in [-0.4, -0.2) is 59.7 Å². The SMILES string of the molecule is CCN([C-]=NC(C)C)C(C)C.CCN([C-]=NC(C)C)C(C)C.[Ag]. The average Bonchev–Trinajstić information content (AvgIpc) is 2.39. The third-order valence-electron chi connectivity index (χ3n) is 2.82. The minimum absolute atomic E-state index is 0. The molecule has 0 atom stereocenters. The minimum atomic E-state index is 0. The molecule has 4 nitrogen and oxygen atoms in total. The van der Waals surface area contributed by atoms with Crippen molar-refractivity contribution < 1.29 is 22.4 Å². The fourth-order valence-electron chi connectivity index (χ4n) is 1.48. The van der Waals surface area contributed by atoms with E-state index in [1.165, 1.54) is 0 Å². The van der Waals surface area contributed by atoms with Crippen molar-refractivity contribution in [3.05, 3.63) is 0 Å². The molecule has 0 saturated carbocycles. The van der Waals surface area contributed by atoms with E-state index in [1.807, 2.05) is 0 Å². The summed E-state index contributed by atoms with van der Waals surface area (Å²) in [5.41, 5.74) is 0. The maximum absolute atomic E-state index is 4.19. The number of hydrogen-bond donors (Lipinski definition) is 0. The van der Waals surface area contributed by atoms with Gasteiger partial charge in [-0.2, -0.15) is 0 Å². The smallest absolute Gasteiger partial charge is 0.00715 e. The molecule has 0 aromatic heterocycles. The maximum atomic E-state index is 4.19. The molecule has 23 heavy (non-hydrogen) atoms. The van der Waals surface area contributed by atoms with Crippen LogP contribution in [0.25, 0.3) is 0 Å². The van der Waals surface area contributed by atoms with E-state index in [-0.39, 0.29) is 22.4 Å². The Kier molecular flexibility index (Phi) is 19.8. The molecule has 0 aromatic carbocycles. The van der Waals surface area contributed by atoms with Crippen molar-refractivity contribution in [1.82, 2.24) is 9.80 Å². The molecule has 0 saturated heterocycles. The Morgan fingerprint density at radius 2 is 0.913 bits per heavy atom. The maximum Gasteiger partial charge on any atom is 0.00715 e. The fourth-order valence-corrected chi connectivity index (χ4v) is 1.48. The van der Waals surface area contributed by atoms with E-state index >= 15 is 0 Å². The molecule has 0 aliphatic rings. The van der Waals surface area contributed by atoms with E-state index in [9.17, 15) is 0 Å². The van der Waals surface area contributed by atoms with Gasteiger partial charge in [-0.15, -0.1) is 0 Å². The zero-order valence-electron chi connectivity index (χ0n) is 16.8. The molecule has 0 aromatic rings. The fraction of sp³-hybridized carbons (Fsp3) is 0.889. The Morgan fingerprint density at radius 1 is 0.652 bits per heavy atom. The molecule has 143 valence electrons. The van der Waals surface area contributed by atoms with E-state index in [1.54, 1.807) is 0 Å². The molecule has 0 fully saturated rings. The third kappa shape index (κ3) is 17.9. The number of aliphatic imine (C=N–C) groups is 2. The molecule has 0 rings (SSSR count). The number of hydrogen-bond acceptors (Lipinski definition) is 2. The van der Waals surface area contributed by atoms with Gasteiger partial charge in [-0.3, -0.25) is 12.7 Å². The van der Waals surface area contributed by atoms with Gasteiger partial charge in [0.2, 0.25) is 0 Å². The van der Waals surface area contributed by atoms with Crippen LogP contribution >= 0.6 is 0 Å². The molecular weight excluding hydrogens is 380 g/mol. The summed E-state index contributed by atoms with van der Waals surface area (Å²) >= 11 is 0. The standard InChI is InChI=1S/2C9H19N2.Ag/c2*1-6-11(9(4)5)7-10-8(2)3;/h2*8-9H,6H2,1-5H3;/q2*-1;. The Morgan fingerprint density at radius 3 is 1.04 bits per heavy atom. The summed E-state index contributed by atoms with van der Waals surface area (Å²) < 4.78 is 0. The molecule has 0 unspecified atom stereocenters. The molecule has 0 spiro atoms. The Hall–Kier alpha value is -0.320. The summed E-state index contributed by atoms with van der Waals surface area (Å²) in [5.74, 6) is 0. The molecular formula is C18H38AgN4-2. The summed E-state index contributed by atoms with van der Waals surface area (Å²) in [7, 11) is 0. The van der Waals surface area contributed by atoms with Crippen molar-refractivity contribution in [2.45, 2.75) is 93.4 Å². The predicted octanol–water partition coefficient (Wildman–Crippen LogP) is 4.06. The van der Waals surface area contributed by atoms with Crippen molar-refractivity contribution in [2.24, 2.45) is 9.98 Å². The molecule has 0 N–H and O–H groups in total. The van der Waals surface area contributed by atoms with Gasteiger partial charge < -0.3 is 19.8 Å². The van der Waals surface area contributed by atoms with Gasteiger partial charge in [-0.1, -0.05) is 13.8 Å². The van der Waals surface area contributed by atoms with Crippen molar-refractivity contribution in [2.75, 3.05) is 13.1 Å². The summed E-state index contributed by atoms with van der Waals surface area (Å²) in [4.78, 5) is 12.6. The normalized spacial score (nSPS) is 11.4. The van der Waals surface area contributed by atoms with Crippen LogP contribution in [0.1, 0.15) is 69.2 Å². The van der Waals surface area contributed by atoms with E-state index in [2.05, 4.69) is 102 Å². The van der Waals surface area contributed by atoms with Gasteiger partial charge in [0, 0.05) is 34.5 Å². The summed E-state index contributed by atoms with van der Waals surface area (Å²) in [6.07, 6.45) is 6.05. The van der Waals surface area contributed by atoms with Gasteiger partial charge in [0.1, 0.15) is 0 Å². The molecule has 0 aliphatic carbocycles. The van der Waals surface area contributed by atoms with Crippen molar-refractivity contribution in [3.8, 4) is 0 Å². The van der Waals surface area contributed by atoms with Crippen molar-refractivity contribution >= 4 is 12.7 Å². The summed E-state index contributed by atoms with van der Waals surface area (Å²) in [6.45, 7) is 23.0. The molecule has 5 heteroatoms. The molecule has 0 amide bonds. The first-order chi connectivity index (χ1) is 10.1. The second kappa shape index (κ2) is 16.5. The zero-order chi connectivity index (χ0) is 17.7. The van der Waals surface area contributed by atoms with Gasteiger partial charge in [-0.25, -0.2) is 0 Å². The second-order valence-electron chi connectivity index (χ2n) is 6.41. The Labute approximate surface area is 161 Å². The first-order valence-corrected chi connectivity index (χ1v) is 8.59. The van der Waals surface area contributed by atoms with Crippen LogP contribution in [0.15, 0.2) is 9.98 Å². The first-order valence-electron chi connectivity index (χ1n) is 8.59. The Balaban J connectivity index is -0.000000333. The number of rotatable bonds is 8. The first kappa shape index (κ1) is 27.5. The van der Waals surface area contributed by atoms with Crippen LogP contribution < -0.4 is 0 Å². The topological polar surface area (TPSA) is 31.2 Å². The van der Waals surface area contributed by atoms with Crippen LogP contribution in [0.5, 0.6) is 0 Å². The van der Waals surface area contributed by atoms with E-state index < -0.39 is 0 Å². The van der Waals surface area contributed by atoms with E-state index in [0.717, 1.165) is 13.1 Å². The van der Waals surface area contributed by atoms with Crippen molar-refractivity contribution in [3.63, 3.8) is 0 Å². The van der Waals surface area contributed by atoms with Gasteiger partial charge in [0.05, 0.1) is 0 Å².